The molecular weight excluding hydrogens is 343 g/mol. The number of nitrogens with one attached hydrogen (secondary N) is 1. The maximum absolute atomic E-state index is 11.1. The fourth-order valence-electron chi connectivity index (χ4n) is 2.24. The highest BCUT2D eigenvalue weighted by Gasteiger charge is 2.32. The lowest BCUT2D eigenvalue weighted by Crippen LogP contribution is -2.36. The molecule has 0 radical (unpaired) electrons. The molecule has 7 nitrogen and oxygen atoms in total. The smallest absolute Gasteiger partial charge is 0.317 e. The van der Waals surface area contributed by atoms with Gasteiger partial charge < -0.3 is 15.5 Å². The molecule has 0 aliphatic carbocycles. The minimum Gasteiger partial charge on any atom is -0.480 e. The van der Waals surface area contributed by atoms with Crippen molar-refractivity contribution in [2.45, 2.75) is 18.6 Å². The van der Waals surface area contributed by atoms with Crippen molar-refractivity contribution < 1.29 is 15.0 Å². The molecule has 0 saturated carbocycles. The molecule has 1 atom stereocenters. The first kappa shape index (κ1) is 17.7. The van der Waals surface area contributed by atoms with Gasteiger partial charge in [-0.25, -0.2) is 9.67 Å². The molecule has 0 spiro atoms. The predicted molar refractivity (Wildman–Crippen MR) is 85.5 cm³/mol. The zero-order chi connectivity index (χ0) is 16.9. The van der Waals surface area contributed by atoms with Gasteiger partial charge in [-0.15, -0.1) is 0 Å². The summed E-state index contributed by atoms with van der Waals surface area (Å²) < 4.78 is 1.49. The van der Waals surface area contributed by atoms with E-state index in [0.29, 0.717) is 15.6 Å². The third-order valence-electron chi connectivity index (χ3n) is 3.31. The Kier molecular flexibility index (Phi) is 5.95. The van der Waals surface area contributed by atoms with Gasteiger partial charge >= 0.3 is 5.97 Å². The van der Waals surface area contributed by atoms with Gasteiger partial charge in [0.15, 0.2) is 0 Å². The summed E-state index contributed by atoms with van der Waals surface area (Å²) in [5.41, 5.74) is -0.850. The molecule has 3 N–H and O–H groups in total. The van der Waals surface area contributed by atoms with Gasteiger partial charge in [-0.05, 0) is 25.1 Å². The second-order valence-electron chi connectivity index (χ2n) is 5.07. The van der Waals surface area contributed by atoms with E-state index in [4.69, 9.17) is 28.3 Å². The quantitative estimate of drug-likeness (QED) is 0.618. The van der Waals surface area contributed by atoms with Crippen molar-refractivity contribution in [1.82, 2.24) is 20.1 Å². The van der Waals surface area contributed by atoms with Gasteiger partial charge in [0.1, 0.15) is 18.3 Å². The van der Waals surface area contributed by atoms with E-state index < -0.39 is 11.6 Å². The SMILES string of the molecule is O=C(O)CNCCC(O)(Cn1cncn1)c1ccc(Cl)cc1Cl. The molecule has 0 bridgehead atoms. The Balaban J connectivity index is 2.21. The Labute approximate surface area is 142 Å². The number of carbonyl (C=O) groups is 1. The Bertz CT molecular complexity index is 666. The number of nitrogens with zero attached hydrogens (tertiary/aromatic N) is 3. The molecule has 23 heavy (non-hydrogen) atoms. The number of benzene rings is 1. The van der Waals surface area contributed by atoms with Gasteiger partial charge in [-0.3, -0.25) is 4.79 Å². The summed E-state index contributed by atoms with van der Waals surface area (Å²) in [6.07, 6.45) is 3.09. The molecule has 0 fully saturated rings. The van der Waals surface area contributed by atoms with E-state index in [0.717, 1.165) is 0 Å². The average molecular weight is 359 g/mol. The molecule has 0 amide bonds. The van der Waals surface area contributed by atoms with Crippen molar-refractivity contribution in [3.8, 4) is 0 Å². The highest BCUT2D eigenvalue weighted by molar-refractivity contribution is 6.35. The third-order valence-corrected chi connectivity index (χ3v) is 3.86. The first-order chi connectivity index (χ1) is 10.9. The van der Waals surface area contributed by atoms with Crippen LogP contribution in [-0.4, -0.2) is 44.0 Å². The lowest BCUT2D eigenvalue weighted by molar-refractivity contribution is -0.136. The molecule has 1 aromatic heterocycles. The van der Waals surface area contributed by atoms with Crippen molar-refractivity contribution in [3.63, 3.8) is 0 Å². The maximum Gasteiger partial charge on any atom is 0.317 e. The summed E-state index contributed by atoms with van der Waals surface area (Å²) in [4.78, 5) is 14.4. The van der Waals surface area contributed by atoms with E-state index in [1.54, 1.807) is 18.2 Å². The first-order valence-corrected chi connectivity index (χ1v) is 7.59. The topological polar surface area (TPSA) is 100 Å². The molecule has 9 heteroatoms. The Hall–Kier alpha value is -1.67. The number of halogens is 2. The van der Waals surface area contributed by atoms with Crippen LogP contribution in [0.25, 0.3) is 0 Å². The van der Waals surface area contributed by atoms with Crippen molar-refractivity contribution in [1.29, 1.82) is 0 Å². The number of aliphatic hydroxyl groups is 1. The van der Waals surface area contributed by atoms with E-state index in [1.807, 2.05) is 0 Å². The zero-order valence-corrected chi connectivity index (χ0v) is 13.6. The van der Waals surface area contributed by atoms with E-state index in [2.05, 4.69) is 15.4 Å². The number of carboxylic acid groups (broad SMARTS) is 1. The van der Waals surface area contributed by atoms with E-state index in [9.17, 15) is 9.90 Å². The average Bonchev–Trinajstić information content (AvgIpc) is 2.96. The van der Waals surface area contributed by atoms with Crippen LogP contribution in [0.3, 0.4) is 0 Å². The molecule has 124 valence electrons. The lowest BCUT2D eigenvalue weighted by Gasteiger charge is -2.29. The van der Waals surface area contributed by atoms with Gasteiger partial charge in [-0.1, -0.05) is 29.3 Å². The first-order valence-electron chi connectivity index (χ1n) is 6.83. The van der Waals surface area contributed by atoms with Gasteiger partial charge in [0, 0.05) is 15.6 Å². The summed E-state index contributed by atoms with van der Waals surface area (Å²) in [6.45, 7) is 0.229. The van der Waals surface area contributed by atoms with Gasteiger partial charge in [0.25, 0.3) is 0 Å². The number of hydrogen-bond acceptors (Lipinski definition) is 5. The van der Waals surface area contributed by atoms with E-state index in [1.165, 1.54) is 17.3 Å². The van der Waals surface area contributed by atoms with Gasteiger partial charge in [0.2, 0.25) is 0 Å². The molecule has 0 saturated heterocycles. The van der Waals surface area contributed by atoms with Crippen LogP contribution in [0.15, 0.2) is 30.9 Å². The highest BCUT2D eigenvalue weighted by atomic mass is 35.5. The Morgan fingerprint density at radius 1 is 1.39 bits per heavy atom. The molecule has 2 rings (SSSR count). The van der Waals surface area contributed by atoms with E-state index in [-0.39, 0.29) is 26.1 Å². The molecule has 2 aromatic rings. The second-order valence-corrected chi connectivity index (χ2v) is 5.91. The third kappa shape index (κ3) is 4.90. The summed E-state index contributed by atoms with van der Waals surface area (Å²) in [7, 11) is 0. The van der Waals surface area contributed by atoms with Crippen molar-refractivity contribution in [2.75, 3.05) is 13.1 Å². The fourth-order valence-corrected chi connectivity index (χ4v) is 2.82. The van der Waals surface area contributed by atoms with Crippen LogP contribution in [0.2, 0.25) is 10.0 Å². The van der Waals surface area contributed by atoms with Crippen molar-refractivity contribution >= 4 is 29.2 Å². The number of carboxylic acids is 1. The van der Waals surface area contributed by atoms with Gasteiger partial charge in [-0.2, -0.15) is 5.10 Å². The number of aliphatic carboxylic acids is 1. The maximum atomic E-state index is 11.1. The standard InChI is InChI=1S/C14H16Cl2N4O3/c15-10-1-2-11(12(16)5-10)14(23,3-4-17-6-13(21)22)7-20-9-18-8-19-20/h1-2,5,8-9,17,23H,3-4,6-7H2,(H,21,22). The predicted octanol–water partition coefficient (Wildman–Crippen LogP) is 1.54. The number of aromatic nitrogens is 3. The van der Waals surface area contributed by atoms with Crippen molar-refractivity contribution in [3.05, 3.63) is 46.5 Å². The van der Waals surface area contributed by atoms with Crippen molar-refractivity contribution in [2.24, 2.45) is 0 Å². The summed E-state index contributed by atoms with van der Waals surface area (Å²) in [6, 6.07) is 4.84. The minimum atomic E-state index is -1.35. The largest absolute Gasteiger partial charge is 0.480 e. The normalized spacial score (nSPS) is 13.7. The summed E-state index contributed by atoms with van der Waals surface area (Å²) in [5.74, 6) is -0.964. The van der Waals surface area contributed by atoms with Crippen LogP contribution < -0.4 is 5.32 Å². The van der Waals surface area contributed by atoms with Gasteiger partial charge in [0.05, 0.1) is 13.1 Å². The van der Waals surface area contributed by atoms with Crippen LogP contribution in [0.1, 0.15) is 12.0 Å². The fraction of sp³-hybridized carbons (Fsp3) is 0.357. The molecule has 1 unspecified atom stereocenters. The highest BCUT2D eigenvalue weighted by Crippen LogP contribution is 2.34. The molecular formula is C14H16Cl2N4O3. The Morgan fingerprint density at radius 3 is 2.78 bits per heavy atom. The van der Waals surface area contributed by atoms with Crippen LogP contribution in [-0.2, 0) is 16.9 Å². The molecule has 1 aromatic carbocycles. The Morgan fingerprint density at radius 2 is 2.17 bits per heavy atom. The van der Waals surface area contributed by atoms with Crippen LogP contribution >= 0.6 is 23.2 Å². The summed E-state index contributed by atoms with van der Waals surface area (Å²) >= 11 is 12.1. The molecule has 0 aliphatic rings. The van der Waals surface area contributed by atoms with E-state index >= 15 is 0 Å². The molecule has 0 aliphatic heterocycles. The lowest BCUT2D eigenvalue weighted by atomic mass is 9.90. The second kappa shape index (κ2) is 7.74. The zero-order valence-electron chi connectivity index (χ0n) is 12.1. The minimum absolute atomic E-state index is 0.128. The van der Waals surface area contributed by atoms with Crippen LogP contribution in [0, 0.1) is 0 Å². The molecule has 1 heterocycles. The van der Waals surface area contributed by atoms with Crippen LogP contribution in [0.5, 0.6) is 0 Å². The monoisotopic (exact) mass is 358 g/mol. The summed E-state index contributed by atoms with van der Waals surface area (Å²) in [5, 5.41) is 27.3. The number of hydrogen-bond donors (Lipinski definition) is 3. The number of rotatable bonds is 8. The van der Waals surface area contributed by atoms with Crippen LogP contribution in [0.4, 0.5) is 0 Å².